The number of ether oxygens (including phenoxy) is 2. The van der Waals surface area contributed by atoms with Crippen molar-refractivity contribution < 1.29 is 14.3 Å². The van der Waals surface area contributed by atoms with E-state index in [9.17, 15) is 4.79 Å². The number of hydrogen-bond donors (Lipinski definition) is 0. The van der Waals surface area contributed by atoms with Gasteiger partial charge in [-0.1, -0.05) is 24.8 Å². The zero-order valence-electron chi connectivity index (χ0n) is 8.53. The van der Waals surface area contributed by atoms with E-state index in [0.29, 0.717) is 12.2 Å². The first kappa shape index (κ1) is 9.77. The predicted octanol–water partition coefficient (Wildman–Crippen LogP) is 2.24. The van der Waals surface area contributed by atoms with Gasteiger partial charge in [-0.2, -0.15) is 0 Å². The fraction of sp³-hybridized carbons (Fsp3) is 0.250. The van der Waals surface area contributed by atoms with E-state index >= 15 is 0 Å². The first-order valence-corrected chi connectivity index (χ1v) is 4.76. The van der Waals surface area contributed by atoms with Crippen LogP contribution < -0.4 is 4.74 Å². The van der Waals surface area contributed by atoms with Gasteiger partial charge in [0.25, 0.3) is 0 Å². The third kappa shape index (κ3) is 1.86. The summed E-state index contributed by atoms with van der Waals surface area (Å²) in [6.07, 6.45) is -0.301. The van der Waals surface area contributed by atoms with Crippen LogP contribution in [0.2, 0.25) is 0 Å². The lowest BCUT2D eigenvalue weighted by molar-refractivity contribution is -0.145. The summed E-state index contributed by atoms with van der Waals surface area (Å²) in [6.45, 7) is 5.55. The maximum Gasteiger partial charge on any atom is 0.333 e. The van der Waals surface area contributed by atoms with Crippen LogP contribution in [0.25, 0.3) is 0 Å². The molecule has 0 spiro atoms. The summed E-state index contributed by atoms with van der Waals surface area (Å²) in [7, 11) is 0. The quantitative estimate of drug-likeness (QED) is 0.547. The van der Waals surface area contributed by atoms with Crippen LogP contribution in [0.4, 0.5) is 0 Å². The molecule has 1 heterocycles. The lowest BCUT2D eigenvalue weighted by Gasteiger charge is -2.10. The second kappa shape index (κ2) is 3.77. The van der Waals surface area contributed by atoms with Crippen molar-refractivity contribution in [3.05, 3.63) is 42.0 Å². The highest BCUT2D eigenvalue weighted by molar-refractivity contribution is 5.87. The molecular formula is C12H12O3. The topological polar surface area (TPSA) is 35.5 Å². The summed E-state index contributed by atoms with van der Waals surface area (Å²) in [6, 6.07) is 7.56. The number of hydrogen-bond acceptors (Lipinski definition) is 3. The van der Waals surface area contributed by atoms with Gasteiger partial charge in [0.15, 0.2) is 6.10 Å². The van der Waals surface area contributed by atoms with Gasteiger partial charge >= 0.3 is 5.97 Å². The minimum absolute atomic E-state index is 0.301. The van der Waals surface area contributed by atoms with Crippen LogP contribution in [0, 0.1) is 0 Å². The van der Waals surface area contributed by atoms with Gasteiger partial charge in [0.05, 0.1) is 0 Å². The van der Waals surface area contributed by atoms with Crippen LogP contribution in [-0.2, 0) is 9.53 Å². The van der Waals surface area contributed by atoms with Crippen LogP contribution in [-0.4, -0.2) is 12.6 Å². The molecule has 0 N–H and O–H groups in total. The van der Waals surface area contributed by atoms with E-state index in [4.69, 9.17) is 9.47 Å². The third-order valence-corrected chi connectivity index (χ3v) is 2.25. The standard InChI is InChI=1S/C12H12O3/c1-8(2)12(13)15-11-7-14-10-6-4-3-5-9(10)11/h3-6,11H,1,7H2,2H3. The fourth-order valence-corrected chi connectivity index (χ4v) is 1.46. The number of carbonyl (C=O) groups excluding carboxylic acids is 1. The highest BCUT2D eigenvalue weighted by Crippen LogP contribution is 2.34. The molecule has 3 heteroatoms. The van der Waals surface area contributed by atoms with Gasteiger partial charge < -0.3 is 9.47 Å². The average molecular weight is 204 g/mol. The van der Waals surface area contributed by atoms with E-state index in [-0.39, 0.29) is 12.1 Å². The number of benzene rings is 1. The van der Waals surface area contributed by atoms with Gasteiger partial charge in [-0.05, 0) is 13.0 Å². The highest BCUT2D eigenvalue weighted by atomic mass is 16.6. The van der Waals surface area contributed by atoms with Crippen molar-refractivity contribution in [1.82, 2.24) is 0 Å². The molecule has 78 valence electrons. The first-order chi connectivity index (χ1) is 7.18. The summed E-state index contributed by atoms with van der Waals surface area (Å²) < 4.78 is 10.6. The lowest BCUT2D eigenvalue weighted by atomic mass is 10.1. The van der Waals surface area contributed by atoms with Gasteiger partial charge in [0, 0.05) is 11.1 Å². The van der Waals surface area contributed by atoms with Crippen molar-refractivity contribution >= 4 is 5.97 Å². The van der Waals surface area contributed by atoms with Crippen LogP contribution in [0.1, 0.15) is 18.6 Å². The Bertz CT molecular complexity index is 409. The Hall–Kier alpha value is -1.77. The van der Waals surface area contributed by atoms with Gasteiger partial charge in [0.2, 0.25) is 0 Å². The Balaban J connectivity index is 2.14. The summed E-state index contributed by atoms with van der Waals surface area (Å²) in [5.74, 6) is 0.414. The van der Waals surface area contributed by atoms with Crippen LogP contribution >= 0.6 is 0 Å². The molecular weight excluding hydrogens is 192 g/mol. The second-order valence-electron chi connectivity index (χ2n) is 3.52. The van der Waals surface area contributed by atoms with E-state index in [1.54, 1.807) is 6.92 Å². The number of esters is 1. The molecule has 0 saturated carbocycles. The molecule has 0 amide bonds. The van der Waals surface area contributed by atoms with E-state index in [2.05, 4.69) is 6.58 Å². The lowest BCUT2D eigenvalue weighted by Crippen LogP contribution is -2.12. The number of fused-ring (bicyclic) bond motifs is 1. The Morgan fingerprint density at radius 3 is 3.00 bits per heavy atom. The van der Waals surface area contributed by atoms with Crippen LogP contribution in [0.3, 0.4) is 0 Å². The van der Waals surface area contributed by atoms with Gasteiger partial charge in [-0.25, -0.2) is 4.79 Å². The number of carbonyl (C=O) groups is 1. The maximum absolute atomic E-state index is 11.3. The Morgan fingerprint density at radius 2 is 2.27 bits per heavy atom. The fourth-order valence-electron chi connectivity index (χ4n) is 1.46. The summed E-state index contributed by atoms with van der Waals surface area (Å²) in [5, 5.41) is 0. The Labute approximate surface area is 88.3 Å². The highest BCUT2D eigenvalue weighted by Gasteiger charge is 2.26. The average Bonchev–Trinajstić information content (AvgIpc) is 2.62. The minimum atomic E-state index is -0.375. The largest absolute Gasteiger partial charge is 0.489 e. The molecule has 15 heavy (non-hydrogen) atoms. The molecule has 0 saturated heterocycles. The Kier molecular flexibility index (Phi) is 2.46. The zero-order valence-corrected chi connectivity index (χ0v) is 8.53. The molecule has 1 unspecified atom stereocenters. The first-order valence-electron chi connectivity index (χ1n) is 4.76. The third-order valence-electron chi connectivity index (χ3n) is 2.25. The van der Waals surface area contributed by atoms with Crippen LogP contribution in [0.5, 0.6) is 5.75 Å². The molecule has 1 aromatic carbocycles. The van der Waals surface area contributed by atoms with Crippen molar-refractivity contribution in [2.45, 2.75) is 13.0 Å². The molecule has 0 bridgehead atoms. The molecule has 1 aromatic rings. The molecule has 0 aromatic heterocycles. The predicted molar refractivity (Wildman–Crippen MR) is 55.6 cm³/mol. The van der Waals surface area contributed by atoms with Crippen LogP contribution in [0.15, 0.2) is 36.4 Å². The van der Waals surface area contributed by atoms with Gasteiger partial charge in [-0.3, -0.25) is 0 Å². The normalized spacial score (nSPS) is 17.8. The van der Waals surface area contributed by atoms with Crippen molar-refractivity contribution in [3.8, 4) is 5.75 Å². The summed E-state index contributed by atoms with van der Waals surface area (Å²) in [5.41, 5.74) is 1.33. The van der Waals surface area contributed by atoms with Gasteiger partial charge in [0.1, 0.15) is 12.4 Å². The molecule has 3 nitrogen and oxygen atoms in total. The van der Waals surface area contributed by atoms with Crippen molar-refractivity contribution in [1.29, 1.82) is 0 Å². The monoisotopic (exact) mass is 204 g/mol. The molecule has 0 aliphatic carbocycles. The van der Waals surface area contributed by atoms with Crippen molar-refractivity contribution in [2.75, 3.05) is 6.61 Å². The molecule has 0 radical (unpaired) electrons. The zero-order chi connectivity index (χ0) is 10.8. The molecule has 0 fully saturated rings. The second-order valence-corrected chi connectivity index (χ2v) is 3.52. The molecule has 1 aliphatic heterocycles. The molecule has 1 atom stereocenters. The van der Waals surface area contributed by atoms with E-state index in [1.807, 2.05) is 24.3 Å². The van der Waals surface area contributed by atoms with Crippen molar-refractivity contribution in [2.24, 2.45) is 0 Å². The number of para-hydroxylation sites is 1. The Morgan fingerprint density at radius 1 is 1.53 bits per heavy atom. The maximum atomic E-state index is 11.3. The summed E-state index contributed by atoms with van der Waals surface area (Å²) >= 11 is 0. The van der Waals surface area contributed by atoms with Gasteiger partial charge in [-0.15, -0.1) is 0 Å². The molecule has 1 aliphatic rings. The molecule has 2 rings (SSSR count). The van der Waals surface area contributed by atoms with E-state index in [0.717, 1.165) is 11.3 Å². The minimum Gasteiger partial charge on any atom is -0.489 e. The van der Waals surface area contributed by atoms with E-state index in [1.165, 1.54) is 0 Å². The SMILES string of the molecule is C=C(C)C(=O)OC1COc2ccccc21. The smallest absolute Gasteiger partial charge is 0.333 e. The van der Waals surface area contributed by atoms with Crippen molar-refractivity contribution in [3.63, 3.8) is 0 Å². The summed E-state index contributed by atoms with van der Waals surface area (Å²) in [4.78, 5) is 11.3. The number of rotatable bonds is 2. The van der Waals surface area contributed by atoms with E-state index < -0.39 is 0 Å².